The van der Waals surface area contributed by atoms with Crippen LogP contribution in [0.5, 0.6) is 5.75 Å². The van der Waals surface area contributed by atoms with Crippen LogP contribution < -0.4 is 10.1 Å². The fourth-order valence-electron chi connectivity index (χ4n) is 1.80. The van der Waals surface area contributed by atoms with Gasteiger partial charge in [0.1, 0.15) is 5.75 Å². The minimum atomic E-state index is 0. The second-order valence-corrected chi connectivity index (χ2v) is 6.17. The van der Waals surface area contributed by atoms with Gasteiger partial charge >= 0.3 is 0 Å². The van der Waals surface area contributed by atoms with E-state index in [1.54, 1.807) is 0 Å². The Labute approximate surface area is 148 Å². The molecule has 0 amide bonds. The SMILES string of the molecule is Cl.Clc1ccc(SCCNCCCOc2ccccc2)cc1. The third-order valence-electron chi connectivity index (χ3n) is 2.87. The lowest BCUT2D eigenvalue weighted by atomic mass is 10.3. The minimum Gasteiger partial charge on any atom is -0.494 e. The molecule has 2 nitrogen and oxygen atoms in total. The molecule has 0 unspecified atom stereocenters. The molecule has 0 atom stereocenters. The number of ether oxygens (including phenoxy) is 1. The standard InChI is InChI=1S/C17H20ClNOS.ClH/c18-15-7-9-17(10-8-15)21-14-12-19-11-4-13-20-16-5-2-1-3-6-16;/h1-3,5-10,19H,4,11-14H2;1H. The maximum absolute atomic E-state index is 5.85. The lowest BCUT2D eigenvalue weighted by Crippen LogP contribution is -2.20. The van der Waals surface area contributed by atoms with Gasteiger partial charge in [-0.1, -0.05) is 29.8 Å². The maximum atomic E-state index is 5.85. The molecule has 1 N–H and O–H groups in total. The molecule has 0 bridgehead atoms. The van der Waals surface area contributed by atoms with Crippen LogP contribution in [0.15, 0.2) is 59.5 Å². The number of halogens is 2. The molecule has 0 spiro atoms. The second kappa shape index (κ2) is 11.7. The molecule has 0 aromatic heterocycles. The summed E-state index contributed by atoms with van der Waals surface area (Å²) in [6.07, 6.45) is 1.01. The third kappa shape index (κ3) is 7.95. The fourth-order valence-corrected chi connectivity index (χ4v) is 2.74. The Kier molecular flexibility index (Phi) is 10.2. The van der Waals surface area contributed by atoms with Gasteiger partial charge in [-0.25, -0.2) is 0 Å². The van der Waals surface area contributed by atoms with Gasteiger partial charge in [0.15, 0.2) is 0 Å². The van der Waals surface area contributed by atoms with Gasteiger partial charge in [-0.05, 0) is 49.4 Å². The highest BCUT2D eigenvalue weighted by molar-refractivity contribution is 7.99. The zero-order valence-corrected chi connectivity index (χ0v) is 14.7. The van der Waals surface area contributed by atoms with Crippen molar-refractivity contribution >= 4 is 35.8 Å². The molecule has 0 saturated carbocycles. The van der Waals surface area contributed by atoms with Crippen LogP contribution in [-0.2, 0) is 0 Å². The zero-order valence-electron chi connectivity index (χ0n) is 12.3. The fraction of sp³-hybridized carbons (Fsp3) is 0.294. The molecule has 0 aliphatic rings. The average Bonchev–Trinajstić information content (AvgIpc) is 2.53. The lowest BCUT2D eigenvalue weighted by Gasteiger charge is -2.07. The smallest absolute Gasteiger partial charge is 0.119 e. The van der Waals surface area contributed by atoms with Crippen LogP contribution in [0, 0.1) is 0 Å². The first kappa shape index (κ1) is 19.2. The van der Waals surface area contributed by atoms with Crippen molar-refractivity contribution < 1.29 is 4.74 Å². The summed E-state index contributed by atoms with van der Waals surface area (Å²) < 4.78 is 5.64. The Bertz CT molecular complexity index is 508. The summed E-state index contributed by atoms with van der Waals surface area (Å²) in [7, 11) is 0. The van der Waals surface area contributed by atoms with Gasteiger partial charge in [-0.2, -0.15) is 0 Å². The summed E-state index contributed by atoms with van der Waals surface area (Å²) in [5, 5.41) is 4.21. The Morgan fingerprint density at radius 2 is 1.68 bits per heavy atom. The molecular formula is C17H21Cl2NOS. The first-order chi connectivity index (χ1) is 10.3. The van der Waals surface area contributed by atoms with Crippen molar-refractivity contribution in [3.05, 3.63) is 59.6 Å². The van der Waals surface area contributed by atoms with Crippen LogP contribution in [0.3, 0.4) is 0 Å². The van der Waals surface area contributed by atoms with E-state index in [9.17, 15) is 0 Å². The van der Waals surface area contributed by atoms with E-state index < -0.39 is 0 Å². The lowest BCUT2D eigenvalue weighted by molar-refractivity contribution is 0.309. The number of para-hydroxylation sites is 1. The topological polar surface area (TPSA) is 21.3 Å². The third-order valence-corrected chi connectivity index (χ3v) is 4.14. The van der Waals surface area contributed by atoms with Crippen molar-refractivity contribution in [3.8, 4) is 5.75 Å². The van der Waals surface area contributed by atoms with Crippen LogP contribution in [0.25, 0.3) is 0 Å². The van der Waals surface area contributed by atoms with E-state index in [0.717, 1.165) is 42.6 Å². The average molecular weight is 358 g/mol. The number of hydrogen-bond acceptors (Lipinski definition) is 3. The Balaban J connectivity index is 0.00000242. The first-order valence-electron chi connectivity index (χ1n) is 7.11. The van der Waals surface area contributed by atoms with Gasteiger partial charge < -0.3 is 10.1 Å². The van der Waals surface area contributed by atoms with E-state index in [4.69, 9.17) is 16.3 Å². The molecule has 0 saturated heterocycles. The van der Waals surface area contributed by atoms with E-state index >= 15 is 0 Å². The number of benzene rings is 2. The normalized spacial score (nSPS) is 10.0. The van der Waals surface area contributed by atoms with Crippen LogP contribution in [0.1, 0.15) is 6.42 Å². The summed E-state index contributed by atoms with van der Waals surface area (Å²) in [5.41, 5.74) is 0. The summed E-state index contributed by atoms with van der Waals surface area (Å²) in [5.74, 6) is 2.00. The van der Waals surface area contributed by atoms with E-state index in [0.29, 0.717) is 0 Å². The van der Waals surface area contributed by atoms with E-state index in [1.807, 2.05) is 54.2 Å². The molecule has 5 heteroatoms. The number of hydrogen-bond donors (Lipinski definition) is 1. The maximum Gasteiger partial charge on any atom is 0.119 e. The zero-order chi connectivity index (χ0) is 14.8. The van der Waals surface area contributed by atoms with Crippen molar-refractivity contribution in [2.24, 2.45) is 0 Å². The van der Waals surface area contributed by atoms with Gasteiger partial charge in [0, 0.05) is 22.2 Å². The summed E-state index contributed by atoms with van der Waals surface area (Å²) >= 11 is 7.69. The summed E-state index contributed by atoms with van der Waals surface area (Å²) in [6, 6.07) is 17.9. The Hall–Kier alpha value is -0.870. The molecule has 0 fully saturated rings. The van der Waals surface area contributed by atoms with Gasteiger partial charge in [0.2, 0.25) is 0 Å². The van der Waals surface area contributed by atoms with Crippen LogP contribution >= 0.6 is 35.8 Å². The molecule has 0 aliphatic heterocycles. The molecule has 2 aromatic carbocycles. The second-order valence-electron chi connectivity index (χ2n) is 4.57. The molecule has 2 rings (SSSR count). The minimum absolute atomic E-state index is 0. The predicted molar refractivity (Wildman–Crippen MR) is 98.8 cm³/mol. The molecular weight excluding hydrogens is 337 g/mol. The van der Waals surface area contributed by atoms with Gasteiger partial charge in [-0.15, -0.1) is 24.2 Å². The monoisotopic (exact) mass is 357 g/mol. The van der Waals surface area contributed by atoms with Gasteiger partial charge in [0.25, 0.3) is 0 Å². The van der Waals surface area contributed by atoms with Crippen LogP contribution in [0.2, 0.25) is 5.02 Å². The first-order valence-corrected chi connectivity index (χ1v) is 8.48. The van der Waals surface area contributed by atoms with Crippen LogP contribution in [0.4, 0.5) is 0 Å². The molecule has 0 heterocycles. The number of nitrogens with one attached hydrogen (secondary N) is 1. The number of thioether (sulfide) groups is 1. The van der Waals surface area contributed by atoms with E-state index in [-0.39, 0.29) is 12.4 Å². The molecule has 2 aromatic rings. The largest absolute Gasteiger partial charge is 0.494 e. The molecule has 0 radical (unpaired) electrons. The molecule has 22 heavy (non-hydrogen) atoms. The van der Waals surface area contributed by atoms with Crippen molar-refractivity contribution in [2.45, 2.75) is 11.3 Å². The summed E-state index contributed by atoms with van der Waals surface area (Å²) in [4.78, 5) is 1.26. The van der Waals surface area contributed by atoms with Crippen molar-refractivity contribution in [2.75, 3.05) is 25.4 Å². The van der Waals surface area contributed by atoms with Crippen molar-refractivity contribution in [1.29, 1.82) is 0 Å². The number of rotatable bonds is 9. The Morgan fingerprint density at radius 1 is 0.955 bits per heavy atom. The van der Waals surface area contributed by atoms with Gasteiger partial charge in [-0.3, -0.25) is 0 Å². The van der Waals surface area contributed by atoms with Crippen molar-refractivity contribution in [1.82, 2.24) is 5.32 Å². The summed E-state index contributed by atoms with van der Waals surface area (Å²) in [6.45, 7) is 2.73. The van der Waals surface area contributed by atoms with Crippen LogP contribution in [-0.4, -0.2) is 25.4 Å². The van der Waals surface area contributed by atoms with Crippen molar-refractivity contribution in [3.63, 3.8) is 0 Å². The predicted octanol–water partition coefficient (Wildman–Crippen LogP) is 4.91. The van der Waals surface area contributed by atoms with E-state index in [1.165, 1.54) is 4.90 Å². The molecule has 120 valence electrons. The highest BCUT2D eigenvalue weighted by atomic mass is 35.5. The highest BCUT2D eigenvalue weighted by Gasteiger charge is 1.95. The quantitative estimate of drug-likeness (QED) is 0.508. The van der Waals surface area contributed by atoms with Gasteiger partial charge in [0.05, 0.1) is 6.61 Å². The molecule has 0 aliphatic carbocycles. The Morgan fingerprint density at radius 3 is 2.41 bits per heavy atom. The highest BCUT2D eigenvalue weighted by Crippen LogP contribution is 2.19. The van der Waals surface area contributed by atoms with E-state index in [2.05, 4.69) is 17.4 Å².